The van der Waals surface area contributed by atoms with Crippen LogP contribution in [0.25, 0.3) is 0 Å². The van der Waals surface area contributed by atoms with Crippen LogP contribution in [-0.4, -0.2) is 17.5 Å². The number of aryl methyl sites for hydroxylation is 1. The van der Waals surface area contributed by atoms with E-state index in [2.05, 4.69) is 0 Å². The van der Waals surface area contributed by atoms with Crippen LogP contribution in [0.2, 0.25) is 0 Å². The molecule has 3 nitrogen and oxygen atoms in total. The predicted molar refractivity (Wildman–Crippen MR) is 93.5 cm³/mol. The molecule has 0 radical (unpaired) electrons. The number of hydrogen-bond acceptors (Lipinski definition) is 3. The van der Waals surface area contributed by atoms with Gasteiger partial charge in [0.25, 0.3) is 0 Å². The Morgan fingerprint density at radius 1 is 0.783 bits per heavy atom. The fourth-order valence-electron chi connectivity index (χ4n) is 2.58. The molecular weight excluding hydrogens is 286 g/mol. The van der Waals surface area contributed by atoms with Gasteiger partial charge in [0.2, 0.25) is 0 Å². The zero-order valence-corrected chi connectivity index (χ0v) is 13.5. The quantitative estimate of drug-likeness (QED) is 0.550. The second kappa shape index (κ2) is 9.23. The Balaban J connectivity index is 1.91. The van der Waals surface area contributed by atoms with E-state index in [-0.39, 0.29) is 12.4 Å². The zero-order valence-electron chi connectivity index (χ0n) is 13.5. The molecule has 23 heavy (non-hydrogen) atoms. The van der Waals surface area contributed by atoms with Crippen LogP contribution in [0.15, 0.2) is 48.5 Å². The smallest absolute Gasteiger partial charge is 0.193 e. The summed E-state index contributed by atoms with van der Waals surface area (Å²) in [4.78, 5) is 12.4. The number of hydrogen-bond donors (Lipinski definition) is 2. The highest BCUT2D eigenvalue weighted by Gasteiger charge is 2.08. The lowest BCUT2D eigenvalue weighted by Gasteiger charge is -2.05. The van der Waals surface area contributed by atoms with E-state index in [4.69, 9.17) is 10.8 Å². The summed E-state index contributed by atoms with van der Waals surface area (Å²) in [6.45, 7) is 0.768. The number of unbranched alkanes of at least 4 members (excludes halogenated alkanes) is 3. The summed E-state index contributed by atoms with van der Waals surface area (Å²) in [5.41, 5.74) is 9.26. The first kappa shape index (κ1) is 17.4. The molecule has 0 spiro atoms. The average molecular weight is 311 g/mol. The van der Waals surface area contributed by atoms with Crippen molar-refractivity contribution in [1.29, 1.82) is 0 Å². The third-order valence-electron chi connectivity index (χ3n) is 4.04. The summed E-state index contributed by atoms with van der Waals surface area (Å²) in [5.74, 6) is 0.0445. The van der Waals surface area contributed by atoms with Gasteiger partial charge in [0.15, 0.2) is 5.78 Å². The highest BCUT2D eigenvalue weighted by molar-refractivity contribution is 6.08. The number of nitrogens with two attached hydrogens (primary N) is 1. The Labute approximate surface area is 138 Å². The second-order valence-corrected chi connectivity index (χ2v) is 5.81. The Kier molecular flexibility index (Phi) is 6.98. The molecule has 0 unspecified atom stereocenters. The lowest BCUT2D eigenvalue weighted by atomic mass is 9.99. The van der Waals surface area contributed by atoms with E-state index in [0.717, 1.165) is 43.2 Å². The van der Waals surface area contributed by atoms with Gasteiger partial charge in [0.1, 0.15) is 0 Å². The third-order valence-corrected chi connectivity index (χ3v) is 4.04. The largest absolute Gasteiger partial charge is 0.396 e. The van der Waals surface area contributed by atoms with Crippen LogP contribution in [0.3, 0.4) is 0 Å². The van der Waals surface area contributed by atoms with Crippen molar-refractivity contribution >= 4 is 5.78 Å². The van der Waals surface area contributed by atoms with Crippen LogP contribution >= 0.6 is 0 Å². The van der Waals surface area contributed by atoms with Gasteiger partial charge in [0.05, 0.1) is 0 Å². The van der Waals surface area contributed by atoms with E-state index < -0.39 is 0 Å². The van der Waals surface area contributed by atoms with Crippen LogP contribution in [0.5, 0.6) is 0 Å². The van der Waals surface area contributed by atoms with E-state index in [0.29, 0.717) is 12.1 Å². The van der Waals surface area contributed by atoms with Crippen LogP contribution < -0.4 is 5.73 Å². The first-order valence-electron chi connectivity index (χ1n) is 8.28. The minimum absolute atomic E-state index is 0.0445. The van der Waals surface area contributed by atoms with Gasteiger partial charge in [-0.3, -0.25) is 4.79 Å². The molecule has 0 aliphatic carbocycles. The molecule has 2 rings (SSSR count). The molecule has 0 fully saturated rings. The van der Waals surface area contributed by atoms with Gasteiger partial charge in [0, 0.05) is 24.3 Å². The van der Waals surface area contributed by atoms with Crippen molar-refractivity contribution in [2.75, 3.05) is 6.61 Å². The van der Waals surface area contributed by atoms with Gasteiger partial charge in [-0.15, -0.1) is 0 Å². The Morgan fingerprint density at radius 3 is 1.83 bits per heavy atom. The molecule has 0 aromatic heterocycles. The summed E-state index contributed by atoms with van der Waals surface area (Å²) in [6.07, 6.45) is 5.23. The van der Waals surface area contributed by atoms with Crippen molar-refractivity contribution in [3.63, 3.8) is 0 Å². The maximum Gasteiger partial charge on any atom is 0.193 e. The first-order valence-corrected chi connectivity index (χ1v) is 8.28. The minimum Gasteiger partial charge on any atom is -0.396 e. The molecule has 0 aliphatic rings. The molecule has 0 saturated carbocycles. The number of carbonyl (C=O) groups excluding carboxylic acids is 1. The molecule has 3 heteroatoms. The lowest BCUT2D eigenvalue weighted by molar-refractivity contribution is 0.103. The number of aliphatic hydroxyl groups excluding tert-OH is 1. The fourth-order valence-corrected chi connectivity index (χ4v) is 2.58. The van der Waals surface area contributed by atoms with E-state index in [1.165, 1.54) is 5.56 Å². The molecule has 2 aromatic carbocycles. The summed E-state index contributed by atoms with van der Waals surface area (Å²) < 4.78 is 0. The zero-order chi connectivity index (χ0) is 16.5. The van der Waals surface area contributed by atoms with Crippen molar-refractivity contribution in [3.05, 3.63) is 70.8 Å². The molecular formula is C20H25NO2. The van der Waals surface area contributed by atoms with Gasteiger partial charge in [-0.1, -0.05) is 61.4 Å². The first-order chi connectivity index (χ1) is 11.2. The highest BCUT2D eigenvalue weighted by atomic mass is 16.2. The van der Waals surface area contributed by atoms with Crippen LogP contribution in [-0.2, 0) is 13.0 Å². The van der Waals surface area contributed by atoms with Crippen molar-refractivity contribution < 1.29 is 9.90 Å². The summed E-state index contributed by atoms with van der Waals surface area (Å²) >= 11 is 0. The molecule has 0 heterocycles. The van der Waals surface area contributed by atoms with Gasteiger partial charge in [-0.2, -0.15) is 0 Å². The average Bonchev–Trinajstić information content (AvgIpc) is 2.61. The van der Waals surface area contributed by atoms with Crippen molar-refractivity contribution in [1.82, 2.24) is 0 Å². The summed E-state index contributed by atoms with van der Waals surface area (Å²) in [5, 5.41) is 8.75. The Bertz CT molecular complexity index is 603. The lowest BCUT2D eigenvalue weighted by Crippen LogP contribution is -2.03. The van der Waals surface area contributed by atoms with Crippen LogP contribution in [0.1, 0.15) is 52.7 Å². The van der Waals surface area contributed by atoms with E-state index in [1.54, 1.807) is 0 Å². The molecule has 0 saturated heterocycles. The molecule has 122 valence electrons. The SMILES string of the molecule is NCc1ccc(C(=O)c2ccc(CCCCCCO)cc2)cc1. The predicted octanol–water partition coefficient (Wildman–Crippen LogP) is 3.47. The summed E-state index contributed by atoms with van der Waals surface area (Å²) in [6, 6.07) is 15.3. The fraction of sp³-hybridized carbons (Fsp3) is 0.350. The number of aliphatic hydroxyl groups is 1. The third kappa shape index (κ3) is 5.31. The molecule has 0 atom stereocenters. The maximum atomic E-state index is 12.4. The van der Waals surface area contributed by atoms with E-state index >= 15 is 0 Å². The Morgan fingerprint density at radius 2 is 1.30 bits per heavy atom. The Hall–Kier alpha value is -1.97. The van der Waals surface area contributed by atoms with Gasteiger partial charge < -0.3 is 10.8 Å². The van der Waals surface area contributed by atoms with E-state index in [9.17, 15) is 4.79 Å². The van der Waals surface area contributed by atoms with Crippen molar-refractivity contribution in [3.8, 4) is 0 Å². The maximum absolute atomic E-state index is 12.4. The standard InChI is InChI=1S/C20H25NO2/c21-15-17-8-12-19(13-9-17)20(23)18-10-6-16(7-11-18)5-3-1-2-4-14-22/h6-13,22H,1-5,14-15,21H2. The molecule has 3 N–H and O–H groups in total. The monoisotopic (exact) mass is 311 g/mol. The van der Waals surface area contributed by atoms with Gasteiger partial charge >= 0.3 is 0 Å². The molecule has 0 amide bonds. The van der Waals surface area contributed by atoms with Crippen molar-refractivity contribution in [2.45, 2.75) is 38.6 Å². The second-order valence-electron chi connectivity index (χ2n) is 5.81. The van der Waals surface area contributed by atoms with Gasteiger partial charge in [-0.05, 0) is 30.4 Å². The van der Waals surface area contributed by atoms with Crippen molar-refractivity contribution in [2.24, 2.45) is 5.73 Å². The normalized spacial score (nSPS) is 10.7. The molecule has 0 bridgehead atoms. The number of carbonyl (C=O) groups is 1. The molecule has 2 aromatic rings. The summed E-state index contributed by atoms with van der Waals surface area (Å²) in [7, 11) is 0. The van der Waals surface area contributed by atoms with Gasteiger partial charge in [-0.25, -0.2) is 0 Å². The minimum atomic E-state index is 0.0445. The topological polar surface area (TPSA) is 63.3 Å². The number of ketones is 1. The highest BCUT2D eigenvalue weighted by Crippen LogP contribution is 2.14. The number of benzene rings is 2. The van der Waals surface area contributed by atoms with Crippen LogP contribution in [0.4, 0.5) is 0 Å². The molecule has 0 aliphatic heterocycles. The van der Waals surface area contributed by atoms with E-state index in [1.807, 2.05) is 48.5 Å². The number of rotatable bonds is 9. The van der Waals surface area contributed by atoms with Crippen LogP contribution in [0, 0.1) is 0 Å².